The van der Waals surface area contributed by atoms with Crippen molar-refractivity contribution < 1.29 is 4.12 Å². The van der Waals surface area contributed by atoms with Gasteiger partial charge in [0.05, 0.1) is 0 Å². The van der Waals surface area contributed by atoms with Gasteiger partial charge in [0.25, 0.3) is 0 Å². The zero-order chi connectivity index (χ0) is 10.6. The summed E-state index contributed by atoms with van der Waals surface area (Å²) in [5.74, 6) is 0. The first kappa shape index (κ1) is 12.0. The minimum absolute atomic E-state index is 0.587. The molecule has 0 spiro atoms. The zero-order valence-corrected chi connectivity index (χ0v) is 11.6. The van der Waals surface area contributed by atoms with E-state index in [-0.39, 0.29) is 0 Å². The Morgan fingerprint density at radius 2 is 2.14 bits per heavy atom. The Morgan fingerprint density at radius 3 is 2.71 bits per heavy atom. The molecule has 0 aliphatic heterocycles. The third-order valence-corrected chi connectivity index (χ3v) is 6.42. The van der Waals surface area contributed by atoms with E-state index in [0.29, 0.717) is 9.76 Å². The Hall–Kier alpha value is -0.0962. The molecule has 0 bridgehead atoms. The molecule has 0 saturated heterocycles. The number of benzene rings is 1. The van der Waals surface area contributed by atoms with Gasteiger partial charge in [-0.25, -0.2) is 0 Å². The fraction of sp³-hybridized carbons (Fsp3) is 0.400. The maximum atomic E-state index is 5.93. The monoisotopic (exact) mass is 242 g/mol. The molecule has 0 heterocycles. The second-order valence-electron chi connectivity index (χ2n) is 3.87. The molecule has 0 fully saturated rings. The molecule has 0 N–H and O–H groups in total. The Kier molecular flexibility index (Phi) is 4.38. The van der Waals surface area contributed by atoms with Crippen molar-refractivity contribution in [3.05, 3.63) is 34.9 Å². The van der Waals surface area contributed by atoms with E-state index in [1.807, 2.05) is 18.2 Å². The molecule has 14 heavy (non-hydrogen) atoms. The highest BCUT2D eigenvalue weighted by molar-refractivity contribution is 6.74. The Bertz CT molecular complexity index is 302. The number of rotatable bonds is 4. The number of hydrogen-bond acceptors (Lipinski definition) is 1. The quantitative estimate of drug-likeness (QED) is 0.737. The normalized spacial score (nSPS) is 11.7. The summed E-state index contributed by atoms with van der Waals surface area (Å²) in [7, 11) is -0.926. The highest BCUT2D eigenvalue weighted by atomic mass is 35.5. The molecular formula is C10H15ClOSi2. The molecule has 2 radical (unpaired) electrons. The van der Waals surface area contributed by atoms with Gasteiger partial charge in [-0.05, 0) is 43.4 Å². The summed E-state index contributed by atoms with van der Waals surface area (Å²) in [5.41, 5.74) is 1.28. The summed E-state index contributed by atoms with van der Waals surface area (Å²) in [6, 6.07) is 9.08. The first-order valence-corrected chi connectivity index (χ1v) is 9.53. The maximum absolute atomic E-state index is 5.93. The van der Waals surface area contributed by atoms with Gasteiger partial charge in [0.15, 0.2) is 8.32 Å². The second-order valence-corrected chi connectivity index (χ2v) is 9.41. The summed E-state index contributed by atoms with van der Waals surface area (Å²) in [4.78, 5) is 0. The van der Waals surface area contributed by atoms with Gasteiger partial charge in [0, 0.05) is 5.02 Å². The molecule has 1 aromatic carbocycles. The fourth-order valence-electron chi connectivity index (χ4n) is 1.45. The minimum Gasteiger partial charge on any atom is -0.456 e. The molecule has 0 aliphatic carbocycles. The van der Waals surface area contributed by atoms with Crippen LogP contribution in [0.25, 0.3) is 0 Å². The standard InChI is InChI=1S/C10H15ClOSi2/c1-13-12-14(2,3)8-9-5-4-6-10(11)7-9/h4-7H,8H2,1-3H3. The van der Waals surface area contributed by atoms with E-state index >= 15 is 0 Å². The summed E-state index contributed by atoms with van der Waals surface area (Å²) in [5, 5.41) is 0.811. The van der Waals surface area contributed by atoms with E-state index in [4.69, 9.17) is 15.7 Å². The Balaban J connectivity index is 2.68. The molecule has 0 aliphatic rings. The molecule has 0 saturated carbocycles. The van der Waals surface area contributed by atoms with Crippen LogP contribution in [0.2, 0.25) is 24.7 Å². The predicted octanol–water partition coefficient (Wildman–Crippen LogP) is 3.31. The van der Waals surface area contributed by atoms with E-state index in [9.17, 15) is 0 Å². The molecule has 1 rings (SSSR count). The summed E-state index contributed by atoms with van der Waals surface area (Å²) < 4.78 is 5.80. The van der Waals surface area contributed by atoms with Crippen LogP contribution in [-0.4, -0.2) is 18.1 Å². The van der Waals surface area contributed by atoms with Crippen molar-refractivity contribution in [3.8, 4) is 0 Å². The summed E-state index contributed by atoms with van der Waals surface area (Å²) in [6.45, 7) is 6.56. The molecule has 0 amide bonds. The van der Waals surface area contributed by atoms with Gasteiger partial charge in [0.1, 0.15) is 0 Å². The van der Waals surface area contributed by atoms with Gasteiger partial charge in [-0.3, -0.25) is 0 Å². The van der Waals surface area contributed by atoms with Crippen LogP contribution in [-0.2, 0) is 10.2 Å². The first-order valence-electron chi connectivity index (χ1n) is 4.63. The fourth-order valence-corrected chi connectivity index (χ4v) is 5.37. The third-order valence-electron chi connectivity index (χ3n) is 1.90. The van der Waals surface area contributed by atoms with Crippen LogP contribution < -0.4 is 0 Å². The molecule has 4 heteroatoms. The average Bonchev–Trinajstić information content (AvgIpc) is 2.02. The van der Waals surface area contributed by atoms with Crippen LogP contribution in [0, 0.1) is 0 Å². The lowest BCUT2D eigenvalue weighted by molar-refractivity contribution is 0.590. The van der Waals surface area contributed by atoms with Crippen molar-refractivity contribution in [3.63, 3.8) is 0 Å². The largest absolute Gasteiger partial charge is 0.456 e. The van der Waals surface area contributed by atoms with Gasteiger partial charge < -0.3 is 4.12 Å². The van der Waals surface area contributed by atoms with Crippen LogP contribution in [0.5, 0.6) is 0 Å². The number of hydrogen-bond donors (Lipinski definition) is 0. The van der Waals surface area contributed by atoms with E-state index in [2.05, 4.69) is 25.7 Å². The van der Waals surface area contributed by atoms with Gasteiger partial charge in [0.2, 0.25) is 9.76 Å². The molecule has 0 unspecified atom stereocenters. The molecule has 0 atom stereocenters. The highest BCUT2D eigenvalue weighted by Crippen LogP contribution is 2.16. The molecule has 0 aromatic heterocycles. The van der Waals surface area contributed by atoms with Crippen molar-refractivity contribution in [1.29, 1.82) is 0 Å². The zero-order valence-electron chi connectivity index (χ0n) is 8.80. The molecule has 1 aromatic rings. The topological polar surface area (TPSA) is 9.23 Å². The lowest BCUT2D eigenvalue weighted by Gasteiger charge is -2.22. The Labute approximate surface area is 94.5 Å². The molecule has 76 valence electrons. The van der Waals surface area contributed by atoms with Gasteiger partial charge >= 0.3 is 0 Å². The van der Waals surface area contributed by atoms with Crippen molar-refractivity contribution in [2.75, 3.05) is 0 Å². The van der Waals surface area contributed by atoms with Crippen molar-refractivity contribution in [2.45, 2.75) is 25.7 Å². The Morgan fingerprint density at radius 1 is 1.43 bits per heavy atom. The van der Waals surface area contributed by atoms with E-state index in [1.54, 1.807) is 0 Å². The van der Waals surface area contributed by atoms with E-state index in [0.717, 1.165) is 11.1 Å². The summed E-state index contributed by atoms with van der Waals surface area (Å²) >= 11 is 5.93. The third kappa shape index (κ3) is 3.96. The lowest BCUT2D eigenvalue weighted by Crippen LogP contribution is -2.34. The second kappa shape index (κ2) is 5.12. The summed E-state index contributed by atoms with van der Waals surface area (Å²) in [6.07, 6.45) is 0. The molecule has 1 nitrogen and oxygen atoms in total. The maximum Gasteiger partial charge on any atom is 0.211 e. The minimum atomic E-state index is -1.51. The molecular weight excluding hydrogens is 228 g/mol. The number of halogens is 1. The van der Waals surface area contributed by atoms with Crippen molar-refractivity contribution >= 4 is 29.7 Å². The van der Waals surface area contributed by atoms with Gasteiger partial charge in [-0.1, -0.05) is 23.7 Å². The first-order chi connectivity index (χ1) is 6.53. The van der Waals surface area contributed by atoms with Crippen LogP contribution in [0.4, 0.5) is 0 Å². The van der Waals surface area contributed by atoms with Crippen molar-refractivity contribution in [1.82, 2.24) is 0 Å². The lowest BCUT2D eigenvalue weighted by atomic mass is 10.2. The smallest absolute Gasteiger partial charge is 0.211 e. The van der Waals surface area contributed by atoms with E-state index < -0.39 is 8.32 Å². The van der Waals surface area contributed by atoms with Crippen molar-refractivity contribution in [2.24, 2.45) is 0 Å². The van der Waals surface area contributed by atoms with Gasteiger partial charge in [-0.2, -0.15) is 0 Å². The van der Waals surface area contributed by atoms with Gasteiger partial charge in [-0.15, -0.1) is 0 Å². The van der Waals surface area contributed by atoms with E-state index in [1.165, 1.54) is 5.56 Å². The SMILES string of the molecule is C[Si]O[Si](C)(C)Cc1cccc(Cl)c1. The predicted molar refractivity (Wildman–Crippen MR) is 65.3 cm³/mol. The van der Waals surface area contributed by atoms with Crippen LogP contribution in [0.15, 0.2) is 24.3 Å². The van der Waals surface area contributed by atoms with Crippen LogP contribution in [0.3, 0.4) is 0 Å². The average molecular weight is 243 g/mol. The van der Waals surface area contributed by atoms with Crippen LogP contribution in [0.1, 0.15) is 5.56 Å². The highest BCUT2D eigenvalue weighted by Gasteiger charge is 2.21. The van der Waals surface area contributed by atoms with Crippen LogP contribution >= 0.6 is 11.6 Å².